The smallest absolute Gasteiger partial charge is 0.193 e. The standard InChI is InChI=1S/C21H39N5S/c1-22-20(25-12-7-19(17-25)24-10-5-6-11-24)23-18-21(8-3-2-4-9-21)26-13-15-27-16-14-26/h19H,2-18H2,1H3,(H,22,23). The first-order chi connectivity index (χ1) is 13.3. The molecule has 0 bridgehead atoms. The Hall–Kier alpha value is -0.460. The molecule has 0 radical (unpaired) electrons. The van der Waals surface area contributed by atoms with E-state index >= 15 is 0 Å². The van der Waals surface area contributed by atoms with E-state index in [4.69, 9.17) is 0 Å². The first-order valence-corrected chi connectivity index (χ1v) is 12.5. The van der Waals surface area contributed by atoms with Crippen LogP contribution in [0.25, 0.3) is 0 Å². The lowest BCUT2D eigenvalue weighted by molar-refractivity contribution is 0.0621. The van der Waals surface area contributed by atoms with Crippen molar-refractivity contribution in [3.05, 3.63) is 0 Å². The van der Waals surface area contributed by atoms with Gasteiger partial charge in [-0.3, -0.25) is 14.8 Å². The molecule has 3 saturated heterocycles. The van der Waals surface area contributed by atoms with E-state index in [1.165, 1.54) is 89.1 Å². The Morgan fingerprint density at radius 1 is 1.00 bits per heavy atom. The second-order valence-corrected chi connectivity index (χ2v) is 10.1. The number of guanidine groups is 1. The van der Waals surface area contributed by atoms with Gasteiger partial charge in [-0.2, -0.15) is 11.8 Å². The van der Waals surface area contributed by atoms with E-state index in [2.05, 4.69) is 36.8 Å². The highest BCUT2D eigenvalue weighted by atomic mass is 32.2. The van der Waals surface area contributed by atoms with Crippen molar-refractivity contribution in [3.8, 4) is 0 Å². The molecule has 3 heterocycles. The zero-order chi connectivity index (χ0) is 18.5. The van der Waals surface area contributed by atoms with Gasteiger partial charge in [0.1, 0.15) is 0 Å². The lowest BCUT2D eigenvalue weighted by atomic mass is 9.80. The number of aliphatic imine (C=N–C) groups is 1. The molecule has 0 aromatic rings. The number of likely N-dealkylation sites (tertiary alicyclic amines) is 2. The predicted octanol–water partition coefficient (Wildman–Crippen LogP) is 2.48. The van der Waals surface area contributed by atoms with Crippen molar-refractivity contribution in [2.45, 2.75) is 62.9 Å². The Balaban J connectivity index is 1.35. The highest BCUT2D eigenvalue weighted by Gasteiger charge is 2.39. The Morgan fingerprint density at radius 2 is 1.74 bits per heavy atom. The van der Waals surface area contributed by atoms with E-state index in [0.717, 1.165) is 31.6 Å². The van der Waals surface area contributed by atoms with Crippen molar-refractivity contribution in [1.82, 2.24) is 20.0 Å². The Bertz CT molecular complexity index is 493. The van der Waals surface area contributed by atoms with E-state index in [1.54, 1.807) is 0 Å². The zero-order valence-electron chi connectivity index (χ0n) is 17.3. The van der Waals surface area contributed by atoms with E-state index in [0.29, 0.717) is 5.54 Å². The van der Waals surface area contributed by atoms with Gasteiger partial charge in [-0.25, -0.2) is 0 Å². The fourth-order valence-corrected chi connectivity index (χ4v) is 6.67. The summed E-state index contributed by atoms with van der Waals surface area (Å²) < 4.78 is 0. The summed E-state index contributed by atoms with van der Waals surface area (Å²) in [4.78, 5) is 12.7. The number of rotatable bonds is 4. The van der Waals surface area contributed by atoms with E-state index < -0.39 is 0 Å². The molecular formula is C21H39N5S. The second kappa shape index (κ2) is 9.36. The van der Waals surface area contributed by atoms with Crippen molar-refractivity contribution < 1.29 is 0 Å². The van der Waals surface area contributed by atoms with E-state index in [9.17, 15) is 0 Å². The molecule has 27 heavy (non-hydrogen) atoms. The van der Waals surface area contributed by atoms with Gasteiger partial charge in [0, 0.05) is 62.9 Å². The highest BCUT2D eigenvalue weighted by Crippen LogP contribution is 2.35. The molecule has 6 heteroatoms. The van der Waals surface area contributed by atoms with E-state index in [-0.39, 0.29) is 0 Å². The van der Waals surface area contributed by atoms with Gasteiger partial charge >= 0.3 is 0 Å². The van der Waals surface area contributed by atoms with Crippen LogP contribution in [0.4, 0.5) is 0 Å². The first-order valence-electron chi connectivity index (χ1n) is 11.3. The van der Waals surface area contributed by atoms with Crippen LogP contribution in [0.1, 0.15) is 51.4 Å². The van der Waals surface area contributed by atoms with Crippen LogP contribution in [0.15, 0.2) is 4.99 Å². The summed E-state index contributed by atoms with van der Waals surface area (Å²) in [6, 6.07) is 0.744. The second-order valence-electron chi connectivity index (χ2n) is 8.92. The number of thioether (sulfide) groups is 1. The largest absolute Gasteiger partial charge is 0.354 e. The van der Waals surface area contributed by atoms with Crippen LogP contribution in [-0.2, 0) is 0 Å². The lowest BCUT2D eigenvalue weighted by Gasteiger charge is -2.48. The summed E-state index contributed by atoms with van der Waals surface area (Å²) in [5.74, 6) is 3.76. The summed E-state index contributed by atoms with van der Waals surface area (Å²) in [5, 5.41) is 3.84. The van der Waals surface area contributed by atoms with Crippen LogP contribution in [0, 0.1) is 0 Å². The van der Waals surface area contributed by atoms with Crippen LogP contribution in [0.5, 0.6) is 0 Å². The predicted molar refractivity (Wildman–Crippen MR) is 117 cm³/mol. The molecule has 1 N–H and O–H groups in total. The van der Waals surface area contributed by atoms with Gasteiger partial charge in [0.15, 0.2) is 5.96 Å². The van der Waals surface area contributed by atoms with Gasteiger partial charge in [0.25, 0.3) is 0 Å². The fourth-order valence-electron chi connectivity index (χ4n) is 5.77. The molecule has 5 nitrogen and oxygen atoms in total. The van der Waals surface area contributed by atoms with Crippen molar-refractivity contribution in [3.63, 3.8) is 0 Å². The average Bonchev–Trinajstić information content (AvgIpc) is 3.42. The highest BCUT2D eigenvalue weighted by molar-refractivity contribution is 7.99. The minimum absolute atomic E-state index is 0.364. The molecule has 0 amide bonds. The molecule has 4 aliphatic rings. The molecule has 4 rings (SSSR count). The molecule has 4 fully saturated rings. The summed E-state index contributed by atoms with van der Waals surface area (Å²) in [7, 11) is 1.97. The molecule has 0 aromatic carbocycles. The van der Waals surface area contributed by atoms with Gasteiger partial charge in [-0.05, 0) is 45.2 Å². The first kappa shape index (κ1) is 19.8. The van der Waals surface area contributed by atoms with Crippen molar-refractivity contribution in [2.75, 3.05) is 64.4 Å². The molecule has 1 atom stereocenters. The maximum absolute atomic E-state index is 4.68. The minimum Gasteiger partial charge on any atom is -0.354 e. The zero-order valence-corrected chi connectivity index (χ0v) is 18.1. The van der Waals surface area contributed by atoms with Crippen molar-refractivity contribution in [2.24, 2.45) is 4.99 Å². The van der Waals surface area contributed by atoms with Crippen molar-refractivity contribution in [1.29, 1.82) is 0 Å². The maximum Gasteiger partial charge on any atom is 0.193 e. The Labute approximate surface area is 170 Å². The lowest BCUT2D eigenvalue weighted by Crippen LogP contribution is -2.60. The molecule has 3 aliphatic heterocycles. The van der Waals surface area contributed by atoms with Gasteiger partial charge < -0.3 is 10.2 Å². The monoisotopic (exact) mass is 393 g/mol. The number of nitrogens with zero attached hydrogens (tertiary/aromatic N) is 4. The average molecular weight is 394 g/mol. The molecule has 1 aliphatic carbocycles. The topological polar surface area (TPSA) is 34.1 Å². The SMILES string of the molecule is CN=C(NCC1(N2CCSCC2)CCCCC1)N1CCC(N2CCCC2)C1. The van der Waals surface area contributed by atoms with Crippen LogP contribution in [-0.4, -0.2) is 96.6 Å². The Kier molecular flexibility index (Phi) is 6.88. The van der Waals surface area contributed by atoms with Gasteiger partial charge in [-0.15, -0.1) is 0 Å². The Morgan fingerprint density at radius 3 is 2.44 bits per heavy atom. The molecule has 1 saturated carbocycles. The molecule has 0 spiro atoms. The van der Waals surface area contributed by atoms with Gasteiger partial charge in [0.2, 0.25) is 0 Å². The molecule has 1 unspecified atom stereocenters. The normalized spacial score (nSPS) is 30.8. The molecular weight excluding hydrogens is 354 g/mol. The maximum atomic E-state index is 4.68. The van der Waals surface area contributed by atoms with E-state index in [1.807, 2.05) is 7.05 Å². The third-order valence-electron chi connectivity index (χ3n) is 7.37. The summed E-state index contributed by atoms with van der Waals surface area (Å²) in [5.41, 5.74) is 0.364. The molecule has 0 aromatic heterocycles. The third kappa shape index (κ3) is 4.59. The summed E-state index contributed by atoms with van der Waals surface area (Å²) in [6.07, 6.45) is 11.0. The van der Waals surface area contributed by atoms with Gasteiger partial charge in [0.05, 0.1) is 0 Å². The van der Waals surface area contributed by atoms with Crippen LogP contribution >= 0.6 is 11.8 Å². The number of hydrogen-bond acceptors (Lipinski definition) is 4. The van der Waals surface area contributed by atoms with Crippen LogP contribution in [0.3, 0.4) is 0 Å². The minimum atomic E-state index is 0.364. The summed E-state index contributed by atoms with van der Waals surface area (Å²) in [6.45, 7) is 8.55. The fraction of sp³-hybridized carbons (Fsp3) is 0.952. The number of nitrogens with one attached hydrogen (secondary N) is 1. The number of hydrogen-bond donors (Lipinski definition) is 1. The summed E-state index contributed by atoms with van der Waals surface area (Å²) >= 11 is 2.12. The quantitative estimate of drug-likeness (QED) is 0.586. The molecule has 154 valence electrons. The van der Waals surface area contributed by atoms with Crippen molar-refractivity contribution >= 4 is 17.7 Å². The van der Waals surface area contributed by atoms with Gasteiger partial charge in [-0.1, -0.05) is 19.3 Å². The van der Waals surface area contributed by atoms with Crippen LogP contribution < -0.4 is 5.32 Å². The van der Waals surface area contributed by atoms with Crippen LogP contribution in [0.2, 0.25) is 0 Å². The third-order valence-corrected chi connectivity index (χ3v) is 8.32.